The zero-order valence-corrected chi connectivity index (χ0v) is 14.5. The first-order valence-corrected chi connectivity index (χ1v) is 9.28. The zero-order chi connectivity index (χ0) is 15.6. The van der Waals surface area contributed by atoms with E-state index in [1.807, 2.05) is 6.92 Å². The van der Waals surface area contributed by atoms with Crippen molar-refractivity contribution in [3.8, 4) is 6.07 Å². The molecule has 2 nitrogen and oxygen atoms in total. The van der Waals surface area contributed by atoms with Crippen LogP contribution in [0.25, 0.3) is 0 Å². The van der Waals surface area contributed by atoms with Crippen molar-refractivity contribution in [2.75, 3.05) is 13.2 Å². The SMILES string of the molecule is CCCCCCCCCCCCCCCOCC(C)C#N. The van der Waals surface area contributed by atoms with Gasteiger partial charge in [0.15, 0.2) is 0 Å². The zero-order valence-electron chi connectivity index (χ0n) is 14.5. The van der Waals surface area contributed by atoms with Gasteiger partial charge in [-0.3, -0.25) is 0 Å². The highest BCUT2D eigenvalue weighted by atomic mass is 16.5. The minimum Gasteiger partial charge on any atom is -0.380 e. The molecule has 0 bridgehead atoms. The Morgan fingerprint density at radius 3 is 1.62 bits per heavy atom. The first-order chi connectivity index (χ1) is 10.3. The van der Waals surface area contributed by atoms with E-state index in [0.29, 0.717) is 6.61 Å². The Morgan fingerprint density at radius 1 is 0.762 bits per heavy atom. The Balaban J connectivity index is 2.98. The molecule has 1 atom stereocenters. The lowest BCUT2D eigenvalue weighted by Gasteiger charge is -2.05. The van der Waals surface area contributed by atoms with E-state index in [-0.39, 0.29) is 5.92 Å². The Hall–Kier alpha value is -0.550. The Labute approximate surface area is 133 Å². The molecule has 0 radical (unpaired) electrons. The molecule has 0 saturated heterocycles. The summed E-state index contributed by atoms with van der Waals surface area (Å²) < 4.78 is 5.46. The molecule has 0 aromatic carbocycles. The minimum absolute atomic E-state index is 0.0342. The van der Waals surface area contributed by atoms with Gasteiger partial charge < -0.3 is 4.74 Å². The van der Waals surface area contributed by atoms with Crippen LogP contribution < -0.4 is 0 Å². The van der Waals surface area contributed by atoms with Crippen molar-refractivity contribution in [1.82, 2.24) is 0 Å². The first-order valence-electron chi connectivity index (χ1n) is 9.28. The van der Waals surface area contributed by atoms with Crippen LogP contribution >= 0.6 is 0 Å². The Morgan fingerprint density at radius 2 is 1.19 bits per heavy atom. The summed E-state index contributed by atoms with van der Waals surface area (Å²) in [6, 6.07) is 2.19. The number of rotatable bonds is 16. The maximum atomic E-state index is 8.62. The molecule has 0 amide bonds. The smallest absolute Gasteiger partial charge is 0.0677 e. The number of hydrogen-bond acceptors (Lipinski definition) is 2. The van der Waals surface area contributed by atoms with E-state index in [4.69, 9.17) is 10.00 Å². The highest BCUT2D eigenvalue weighted by Gasteiger charge is 1.98. The van der Waals surface area contributed by atoms with Crippen molar-refractivity contribution in [3.05, 3.63) is 0 Å². The van der Waals surface area contributed by atoms with Crippen LogP contribution in [0.15, 0.2) is 0 Å². The van der Waals surface area contributed by atoms with E-state index in [1.165, 1.54) is 77.0 Å². The number of nitriles is 1. The molecule has 21 heavy (non-hydrogen) atoms. The molecule has 0 aliphatic carbocycles. The third-order valence-electron chi connectivity index (χ3n) is 3.98. The average molecular weight is 296 g/mol. The van der Waals surface area contributed by atoms with Crippen molar-refractivity contribution < 1.29 is 4.74 Å². The molecule has 0 heterocycles. The topological polar surface area (TPSA) is 33.0 Å². The second-order valence-electron chi connectivity index (χ2n) is 6.35. The summed E-state index contributed by atoms with van der Waals surface area (Å²) in [5.41, 5.74) is 0. The lowest BCUT2D eigenvalue weighted by molar-refractivity contribution is 0.114. The number of unbranched alkanes of at least 4 members (excludes halogenated alkanes) is 12. The van der Waals surface area contributed by atoms with Crippen LogP contribution in [0, 0.1) is 17.2 Å². The third-order valence-corrected chi connectivity index (χ3v) is 3.98. The van der Waals surface area contributed by atoms with Gasteiger partial charge in [-0.05, 0) is 13.3 Å². The van der Waals surface area contributed by atoms with E-state index < -0.39 is 0 Å². The Kier molecular flexibility index (Phi) is 17.0. The fourth-order valence-electron chi connectivity index (χ4n) is 2.52. The molecule has 0 aromatic heterocycles. The van der Waals surface area contributed by atoms with Gasteiger partial charge in [0.25, 0.3) is 0 Å². The van der Waals surface area contributed by atoms with Gasteiger partial charge >= 0.3 is 0 Å². The van der Waals surface area contributed by atoms with Crippen molar-refractivity contribution in [1.29, 1.82) is 5.26 Å². The van der Waals surface area contributed by atoms with E-state index in [9.17, 15) is 0 Å². The van der Waals surface area contributed by atoms with Crippen molar-refractivity contribution >= 4 is 0 Å². The van der Waals surface area contributed by atoms with E-state index in [0.717, 1.165) is 13.0 Å². The molecule has 1 unspecified atom stereocenters. The predicted molar refractivity (Wildman–Crippen MR) is 91.3 cm³/mol. The molecule has 0 N–H and O–H groups in total. The van der Waals surface area contributed by atoms with Gasteiger partial charge in [-0.15, -0.1) is 0 Å². The monoisotopic (exact) mass is 295 g/mol. The normalized spacial score (nSPS) is 12.2. The second kappa shape index (κ2) is 17.5. The molecule has 0 spiro atoms. The molecule has 0 fully saturated rings. The minimum atomic E-state index is 0.0342. The quantitative estimate of drug-likeness (QED) is 0.315. The van der Waals surface area contributed by atoms with E-state index >= 15 is 0 Å². The standard InChI is InChI=1S/C19H37NO/c1-3-4-5-6-7-8-9-10-11-12-13-14-15-16-21-18-19(2)17-20/h19H,3-16,18H2,1-2H3. The largest absolute Gasteiger partial charge is 0.380 e. The highest BCUT2D eigenvalue weighted by molar-refractivity contribution is 4.77. The Bertz CT molecular complexity index is 234. The van der Waals surface area contributed by atoms with Crippen LogP contribution in [0.2, 0.25) is 0 Å². The van der Waals surface area contributed by atoms with Crippen LogP contribution in [-0.2, 0) is 4.74 Å². The van der Waals surface area contributed by atoms with Crippen LogP contribution in [0.5, 0.6) is 0 Å². The van der Waals surface area contributed by atoms with Gasteiger partial charge in [-0.25, -0.2) is 0 Å². The maximum Gasteiger partial charge on any atom is 0.0677 e. The summed E-state index contributed by atoms with van der Waals surface area (Å²) in [5.74, 6) is 0.0342. The summed E-state index contributed by atoms with van der Waals surface area (Å²) >= 11 is 0. The summed E-state index contributed by atoms with van der Waals surface area (Å²) in [6.07, 6.45) is 17.9. The number of hydrogen-bond donors (Lipinski definition) is 0. The average Bonchev–Trinajstić information content (AvgIpc) is 2.50. The fraction of sp³-hybridized carbons (Fsp3) is 0.947. The van der Waals surface area contributed by atoms with E-state index in [2.05, 4.69) is 13.0 Å². The van der Waals surface area contributed by atoms with Gasteiger partial charge in [0.2, 0.25) is 0 Å². The molecule has 0 aliphatic rings. The molecule has 0 aliphatic heterocycles. The summed E-state index contributed by atoms with van der Waals surface area (Å²) in [5, 5.41) is 8.62. The summed E-state index contributed by atoms with van der Waals surface area (Å²) in [6.45, 7) is 5.60. The molecule has 124 valence electrons. The van der Waals surface area contributed by atoms with E-state index in [1.54, 1.807) is 0 Å². The van der Waals surface area contributed by atoms with Gasteiger partial charge in [0, 0.05) is 6.61 Å². The maximum absolute atomic E-state index is 8.62. The van der Waals surface area contributed by atoms with Crippen LogP contribution in [0.1, 0.15) is 97.3 Å². The van der Waals surface area contributed by atoms with Crippen molar-refractivity contribution in [2.24, 2.45) is 5.92 Å². The van der Waals surface area contributed by atoms with Crippen LogP contribution in [0.3, 0.4) is 0 Å². The van der Waals surface area contributed by atoms with Gasteiger partial charge in [0.1, 0.15) is 0 Å². The van der Waals surface area contributed by atoms with Gasteiger partial charge in [-0.1, -0.05) is 84.0 Å². The van der Waals surface area contributed by atoms with Crippen molar-refractivity contribution in [2.45, 2.75) is 97.3 Å². The highest BCUT2D eigenvalue weighted by Crippen LogP contribution is 2.12. The predicted octanol–water partition coefficient (Wildman–Crippen LogP) is 6.25. The van der Waals surface area contributed by atoms with Gasteiger partial charge in [0.05, 0.1) is 18.6 Å². The molecule has 2 heteroatoms. The molecule has 0 aromatic rings. The van der Waals surface area contributed by atoms with Gasteiger partial charge in [-0.2, -0.15) is 5.26 Å². The summed E-state index contributed by atoms with van der Waals surface area (Å²) in [4.78, 5) is 0. The molecule has 0 saturated carbocycles. The summed E-state index contributed by atoms with van der Waals surface area (Å²) in [7, 11) is 0. The fourth-order valence-corrected chi connectivity index (χ4v) is 2.52. The van der Waals surface area contributed by atoms with Crippen molar-refractivity contribution in [3.63, 3.8) is 0 Å². The number of ether oxygens (including phenoxy) is 1. The molecular formula is C19H37NO. The second-order valence-corrected chi connectivity index (χ2v) is 6.35. The van der Waals surface area contributed by atoms with Crippen LogP contribution in [0.4, 0.5) is 0 Å². The molecular weight excluding hydrogens is 258 g/mol. The van der Waals surface area contributed by atoms with Crippen LogP contribution in [-0.4, -0.2) is 13.2 Å². The molecule has 0 rings (SSSR count). The third kappa shape index (κ3) is 17.4. The number of nitrogens with zero attached hydrogens (tertiary/aromatic N) is 1. The lowest BCUT2D eigenvalue weighted by Crippen LogP contribution is -2.04. The lowest BCUT2D eigenvalue weighted by atomic mass is 10.0. The first kappa shape index (κ1) is 20.5.